The van der Waals surface area contributed by atoms with Gasteiger partial charge in [-0.2, -0.15) is 0 Å². The number of aromatic nitrogens is 1. The minimum Gasteiger partial charge on any atom is -0.506 e. The largest absolute Gasteiger partial charge is 0.506 e. The Kier molecular flexibility index (Phi) is 15.0. The molecule has 3 atom stereocenters. The fourth-order valence-electron chi connectivity index (χ4n) is 8.73. The molecule has 3 saturated heterocycles. The van der Waals surface area contributed by atoms with E-state index in [1.165, 1.54) is 12.1 Å². The molecule has 0 spiro atoms. The first-order valence-corrected chi connectivity index (χ1v) is 22.5. The van der Waals surface area contributed by atoms with E-state index in [-0.39, 0.29) is 55.1 Å². The van der Waals surface area contributed by atoms with Crippen molar-refractivity contribution >= 4 is 28.9 Å². The van der Waals surface area contributed by atoms with Gasteiger partial charge in [0.2, 0.25) is 5.56 Å². The van der Waals surface area contributed by atoms with Crippen LogP contribution >= 0.6 is 0 Å². The fourth-order valence-corrected chi connectivity index (χ4v) is 8.73. The second-order valence-corrected chi connectivity index (χ2v) is 16.8. The monoisotopic (exact) mass is 893 g/mol. The third kappa shape index (κ3) is 11.6. The van der Waals surface area contributed by atoms with Crippen LogP contribution < -0.4 is 20.9 Å². The molecule has 3 fully saturated rings. The number of phenolic OH excluding ortho intramolecular Hbond substituents is 1. The minimum absolute atomic E-state index is 0.0168. The predicted molar refractivity (Wildman–Crippen MR) is 249 cm³/mol. The number of amides is 2. The van der Waals surface area contributed by atoms with Crippen LogP contribution in [0.4, 0.5) is 4.79 Å². The summed E-state index contributed by atoms with van der Waals surface area (Å²) in [6.07, 6.45) is 1.20. The number of pyridine rings is 1. The molecule has 2 bridgehead atoms. The number of fused-ring (bicyclic) bond motifs is 4. The summed E-state index contributed by atoms with van der Waals surface area (Å²) in [5.41, 5.74) is 3.94. The van der Waals surface area contributed by atoms with E-state index in [9.17, 15) is 29.4 Å². The normalized spacial score (nSPS) is 17.4. The van der Waals surface area contributed by atoms with Crippen molar-refractivity contribution in [2.24, 2.45) is 5.92 Å². The summed E-state index contributed by atoms with van der Waals surface area (Å²) < 4.78 is 17.8. The number of aliphatic hydroxyl groups is 1. The number of H-pyrrole nitrogens is 1. The number of rotatable bonds is 19. The zero-order valence-corrected chi connectivity index (χ0v) is 36.6. The fraction of sp³-hybridized carbons (Fsp3) is 0.308. The maximum absolute atomic E-state index is 13.5. The molecule has 3 aliphatic heterocycles. The van der Waals surface area contributed by atoms with Crippen molar-refractivity contribution in [3.63, 3.8) is 0 Å². The van der Waals surface area contributed by atoms with Gasteiger partial charge in [-0.05, 0) is 116 Å². The Morgan fingerprint density at radius 1 is 0.818 bits per heavy atom. The van der Waals surface area contributed by atoms with Crippen LogP contribution in [0.2, 0.25) is 0 Å². The van der Waals surface area contributed by atoms with Crippen molar-refractivity contribution in [1.29, 1.82) is 0 Å². The number of aromatic amines is 1. The van der Waals surface area contributed by atoms with E-state index < -0.39 is 24.2 Å². The molecule has 342 valence electrons. The van der Waals surface area contributed by atoms with Gasteiger partial charge in [-0.3, -0.25) is 14.5 Å². The predicted octanol–water partition coefficient (Wildman–Crippen LogP) is 6.74. The lowest BCUT2D eigenvalue weighted by molar-refractivity contribution is -0.0336. The zero-order chi connectivity index (χ0) is 45.8. The number of piperidine rings is 3. The van der Waals surface area contributed by atoms with Crippen LogP contribution in [0, 0.1) is 5.92 Å². The Morgan fingerprint density at radius 3 is 2.30 bits per heavy atom. The number of nitrogens with one attached hydrogen (secondary N) is 3. The molecule has 14 nitrogen and oxygen atoms in total. The number of hydrogen-bond donors (Lipinski definition) is 5. The van der Waals surface area contributed by atoms with Crippen LogP contribution in [-0.4, -0.2) is 101 Å². The molecule has 0 aliphatic carbocycles. The molecule has 9 rings (SSSR count). The van der Waals surface area contributed by atoms with Crippen LogP contribution in [0.1, 0.15) is 74.4 Å². The van der Waals surface area contributed by atoms with Crippen LogP contribution in [0.15, 0.2) is 138 Å². The highest BCUT2D eigenvalue weighted by atomic mass is 16.6. The molecule has 66 heavy (non-hydrogen) atoms. The first-order valence-electron chi connectivity index (χ1n) is 22.5. The van der Waals surface area contributed by atoms with E-state index in [1.807, 2.05) is 60.7 Å². The van der Waals surface area contributed by atoms with Gasteiger partial charge in [0.05, 0.1) is 29.8 Å². The average molecular weight is 894 g/mol. The van der Waals surface area contributed by atoms with Gasteiger partial charge in [0.25, 0.3) is 5.91 Å². The molecule has 2 unspecified atom stereocenters. The van der Waals surface area contributed by atoms with E-state index in [0.717, 1.165) is 49.2 Å². The number of carbonyl (C=O) groups is 3. The Bertz CT molecular complexity index is 2640. The highest BCUT2D eigenvalue weighted by Crippen LogP contribution is 2.31. The molecular weight excluding hydrogens is 839 g/mol. The summed E-state index contributed by atoms with van der Waals surface area (Å²) in [7, 11) is 0. The number of esters is 1. The summed E-state index contributed by atoms with van der Waals surface area (Å²) in [5, 5.41) is 28.0. The number of aliphatic hydroxyl groups excluding tert-OH is 1. The number of alkyl carbamates (subject to hydrolysis) is 1. The second-order valence-electron chi connectivity index (χ2n) is 16.8. The van der Waals surface area contributed by atoms with Gasteiger partial charge in [0.15, 0.2) is 0 Å². The summed E-state index contributed by atoms with van der Waals surface area (Å²) >= 11 is 0. The van der Waals surface area contributed by atoms with Gasteiger partial charge in [-0.25, -0.2) is 9.59 Å². The molecule has 1 aromatic heterocycles. The van der Waals surface area contributed by atoms with E-state index in [4.69, 9.17) is 14.2 Å². The van der Waals surface area contributed by atoms with Crippen LogP contribution in [-0.2, 0) is 16.1 Å². The van der Waals surface area contributed by atoms with Crippen molar-refractivity contribution in [3.8, 4) is 11.5 Å². The number of nitrogens with zero attached hydrogens (tertiary/aromatic N) is 2. The third-order valence-electron chi connectivity index (χ3n) is 12.3. The molecule has 0 radical (unpaired) electrons. The van der Waals surface area contributed by atoms with E-state index >= 15 is 0 Å². The lowest BCUT2D eigenvalue weighted by Gasteiger charge is -2.43. The number of carbonyl (C=O) groups excluding carboxylic acids is 3. The summed E-state index contributed by atoms with van der Waals surface area (Å²) in [6, 6.07) is 38.8. The molecule has 3 aliphatic rings. The molecule has 5 aromatic carbocycles. The third-order valence-corrected chi connectivity index (χ3v) is 12.3. The van der Waals surface area contributed by atoms with Crippen molar-refractivity contribution in [1.82, 2.24) is 25.4 Å². The number of ether oxygens (including phenoxy) is 3. The Labute approximate surface area is 383 Å². The highest BCUT2D eigenvalue weighted by molar-refractivity contribution is 5.94. The minimum atomic E-state index is -0.917. The zero-order valence-electron chi connectivity index (χ0n) is 36.6. The molecule has 4 heterocycles. The van der Waals surface area contributed by atoms with Crippen molar-refractivity contribution in [2.75, 3.05) is 52.4 Å². The average Bonchev–Trinajstić information content (AvgIpc) is 3.35. The molecule has 5 N–H and O–H groups in total. The van der Waals surface area contributed by atoms with Gasteiger partial charge in [0.1, 0.15) is 30.8 Å². The van der Waals surface area contributed by atoms with E-state index in [1.54, 1.807) is 65.6 Å². The maximum Gasteiger partial charge on any atom is 0.408 e. The van der Waals surface area contributed by atoms with Gasteiger partial charge in [-0.1, -0.05) is 78.9 Å². The van der Waals surface area contributed by atoms with Crippen LogP contribution in [0.3, 0.4) is 0 Å². The van der Waals surface area contributed by atoms with Crippen molar-refractivity contribution in [2.45, 2.75) is 44.1 Å². The molecular formula is C52H55N5O9. The molecule has 14 heteroatoms. The van der Waals surface area contributed by atoms with Crippen molar-refractivity contribution < 1.29 is 38.8 Å². The molecule has 2 amide bonds. The van der Waals surface area contributed by atoms with Gasteiger partial charge < -0.3 is 44.9 Å². The van der Waals surface area contributed by atoms with Gasteiger partial charge in [-0.15, -0.1) is 0 Å². The Morgan fingerprint density at radius 2 is 1.56 bits per heavy atom. The Hall–Kier alpha value is -7.00. The topological polar surface area (TPSA) is 183 Å². The standard InChI is InChI=1S/C52H55N5O9/c58-44-21-19-42(43-20-22-47(60)54-49(43)44)45(59)32-53-25-8-26-57(50(61)38-11-5-2-6-12-38)29-30-64-51(62)39-17-15-35(16-18-39)34-65-41-14-7-13-40(31-41)48(37-9-3-1-4-10-37)55-52(63)66-46-33-56-27-23-36(46)24-28-56/h1-7,9-22,31,36,45-46,48,53,58-59H,8,23-30,32-34H2,(H,54,60)(H,55,63)/t45?,46?,48-/m0/s1. The van der Waals surface area contributed by atoms with Crippen LogP contribution in [0.25, 0.3) is 10.9 Å². The number of aromatic hydroxyl groups is 1. The number of hydrogen-bond acceptors (Lipinski definition) is 11. The van der Waals surface area contributed by atoms with Gasteiger partial charge in [0, 0.05) is 36.7 Å². The first-order chi connectivity index (χ1) is 32.2. The Balaban J connectivity index is 0.815. The first kappa shape index (κ1) is 45.6. The smallest absolute Gasteiger partial charge is 0.408 e. The highest BCUT2D eigenvalue weighted by Gasteiger charge is 2.37. The summed E-state index contributed by atoms with van der Waals surface area (Å²) in [5.74, 6) is 0.228. The van der Waals surface area contributed by atoms with Crippen LogP contribution in [0.5, 0.6) is 11.5 Å². The summed E-state index contributed by atoms with van der Waals surface area (Å²) in [6.45, 7) is 4.35. The summed E-state index contributed by atoms with van der Waals surface area (Å²) in [4.78, 5) is 58.3. The number of phenols is 1. The second kappa shape index (κ2) is 21.8. The molecule has 0 saturated carbocycles. The lowest BCUT2D eigenvalue weighted by atomic mass is 9.86. The van der Waals surface area contributed by atoms with E-state index in [2.05, 4.69) is 20.5 Å². The SMILES string of the molecule is O=C(N[C@@H](c1ccccc1)c1cccc(OCc2ccc(C(=O)OCCN(CCCNCC(O)c3ccc(O)c4[nH]c(=O)ccc34)C(=O)c3ccccc3)cc2)c1)OC1CN2CCC1CC2. The number of benzene rings is 5. The van der Waals surface area contributed by atoms with E-state index in [0.29, 0.717) is 53.3 Å². The molecule has 6 aromatic rings. The lowest BCUT2D eigenvalue weighted by Crippen LogP contribution is -2.52. The quantitative estimate of drug-likeness (QED) is 0.0429. The van der Waals surface area contributed by atoms with Gasteiger partial charge >= 0.3 is 12.1 Å². The van der Waals surface area contributed by atoms with Crippen molar-refractivity contribution in [3.05, 3.63) is 177 Å². The maximum atomic E-state index is 13.5.